The van der Waals surface area contributed by atoms with E-state index in [0.717, 1.165) is 51.0 Å². The summed E-state index contributed by atoms with van der Waals surface area (Å²) < 4.78 is 13.5. The summed E-state index contributed by atoms with van der Waals surface area (Å²) in [6.45, 7) is 5.80. The zero-order valence-corrected chi connectivity index (χ0v) is 12.3. The fourth-order valence-corrected chi connectivity index (χ4v) is 2.83. The van der Waals surface area contributed by atoms with Crippen molar-refractivity contribution >= 4 is 5.69 Å². The molecule has 21 heavy (non-hydrogen) atoms. The molecule has 1 aromatic carbocycles. The Hall–Kier alpha value is -1.53. The van der Waals surface area contributed by atoms with Crippen molar-refractivity contribution in [2.75, 3.05) is 26.2 Å². The van der Waals surface area contributed by atoms with Crippen molar-refractivity contribution in [3.05, 3.63) is 39.7 Å². The maximum absolute atomic E-state index is 13.5. The van der Waals surface area contributed by atoms with Crippen molar-refractivity contribution in [2.24, 2.45) is 0 Å². The largest absolute Gasteiger partial charge is 0.314 e. The molecule has 0 saturated carbocycles. The predicted molar refractivity (Wildman–Crippen MR) is 79.8 cm³/mol. The first-order valence-electron chi connectivity index (χ1n) is 7.52. The van der Waals surface area contributed by atoms with Gasteiger partial charge in [0.2, 0.25) is 5.82 Å². The number of hydrogen-bond donors (Lipinski definition) is 1. The Morgan fingerprint density at radius 1 is 1.43 bits per heavy atom. The summed E-state index contributed by atoms with van der Waals surface area (Å²) in [6, 6.07) is 4.43. The molecule has 1 N–H and O–H groups in total. The van der Waals surface area contributed by atoms with Gasteiger partial charge in [-0.05, 0) is 18.1 Å². The fraction of sp³-hybridized carbons (Fsp3) is 0.600. The SMILES string of the molecule is CCCC[C@@H](c1ccc(F)c([N+](=O)[O-])c1)N1CCNCC1. The first-order chi connectivity index (χ1) is 10.1. The van der Waals surface area contributed by atoms with Crippen LogP contribution in [0.2, 0.25) is 0 Å². The van der Waals surface area contributed by atoms with Gasteiger partial charge in [-0.2, -0.15) is 4.39 Å². The summed E-state index contributed by atoms with van der Waals surface area (Å²) in [5, 5.41) is 14.2. The molecule has 1 saturated heterocycles. The minimum Gasteiger partial charge on any atom is -0.314 e. The van der Waals surface area contributed by atoms with Gasteiger partial charge in [-0.3, -0.25) is 15.0 Å². The van der Waals surface area contributed by atoms with Gasteiger partial charge in [0.1, 0.15) is 0 Å². The van der Waals surface area contributed by atoms with Gasteiger partial charge in [-0.25, -0.2) is 0 Å². The Morgan fingerprint density at radius 3 is 2.76 bits per heavy atom. The fourth-order valence-electron chi connectivity index (χ4n) is 2.83. The van der Waals surface area contributed by atoms with Crippen LogP contribution < -0.4 is 5.32 Å². The van der Waals surface area contributed by atoms with Gasteiger partial charge in [0.15, 0.2) is 0 Å². The van der Waals surface area contributed by atoms with E-state index in [1.165, 1.54) is 12.1 Å². The summed E-state index contributed by atoms with van der Waals surface area (Å²) >= 11 is 0. The van der Waals surface area contributed by atoms with Crippen LogP contribution in [0, 0.1) is 15.9 Å². The number of piperazine rings is 1. The van der Waals surface area contributed by atoms with Crippen molar-refractivity contribution in [1.82, 2.24) is 10.2 Å². The number of benzene rings is 1. The lowest BCUT2D eigenvalue weighted by molar-refractivity contribution is -0.387. The van der Waals surface area contributed by atoms with Crippen LogP contribution in [-0.4, -0.2) is 36.0 Å². The molecule has 2 rings (SSSR count). The van der Waals surface area contributed by atoms with E-state index in [1.54, 1.807) is 6.07 Å². The number of nitro groups is 1. The summed E-state index contributed by atoms with van der Waals surface area (Å²) in [5.41, 5.74) is 0.419. The first-order valence-corrected chi connectivity index (χ1v) is 7.52. The summed E-state index contributed by atoms with van der Waals surface area (Å²) in [7, 11) is 0. The molecule has 0 aromatic heterocycles. The van der Waals surface area contributed by atoms with Crippen LogP contribution >= 0.6 is 0 Å². The molecule has 0 aliphatic carbocycles. The molecule has 1 aliphatic heterocycles. The standard InChI is InChI=1S/C15H22FN3O2/c1-2-3-4-14(18-9-7-17-8-10-18)12-5-6-13(16)15(11-12)19(20)21/h5-6,11,14,17H,2-4,7-10H2,1H3/t14-/m0/s1. The topological polar surface area (TPSA) is 58.4 Å². The van der Waals surface area contributed by atoms with Crippen LogP contribution in [0.3, 0.4) is 0 Å². The molecule has 1 aromatic rings. The zero-order chi connectivity index (χ0) is 15.2. The van der Waals surface area contributed by atoms with Crippen molar-refractivity contribution < 1.29 is 9.31 Å². The average Bonchev–Trinajstić information content (AvgIpc) is 2.50. The van der Waals surface area contributed by atoms with Gasteiger partial charge < -0.3 is 5.32 Å². The Balaban J connectivity index is 2.26. The van der Waals surface area contributed by atoms with E-state index in [2.05, 4.69) is 17.1 Å². The van der Waals surface area contributed by atoms with E-state index < -0.39 is 16.4 Å². The second-order valence-electron chi connectivity index (χ2n) is 5.41. The third-order valence-electron chi connectivity index (χ3n) is 3.98. The maximum Gasteiger partial charge on any atom is 0.305 e. The molecule has 0 radical (unpaired) electrons. The number of hydrogen-bond acceptors (Lipinski definition) is 4. The van der Waals surface area contributed by atoms with Crippen LogP contribution in [0.15, 0.2) is 18.2 Å². The molecule has 1 fully saturated rings. The van der Waals surface area contributed by atoms with Crippen LogP contribution in [-0.2, 0) is 0 Å². The van der Waals surface area contributed by atoms with Gasteiger partial charge >= 0.3 is 5.69 Å². The van der Waals surface area contributed by atoms with Crippen LogP contribution in [0.4, 0.5) is 10.1 Å². The van der Waals surface area contributed by atoms with E-state index in [-0.39, 0.29) is 6.04 Å². The van der Waals surface area contributed by atoms with E-state index in [1.807, 2.05) is 0 Å². The maximum atomic E-state index is 13.5. The normalized spacial score (nSPS) is 17.6. The Bertz CT molecular complexity index is 490. The van der Waals surface area contributed by atoms with Crippen molar-refractivity contribution in [2.45, 2.75) is 32.2 Å². The van der Waals surface area contributed by atoms with Crippen molar-refractivity contribution in [3.63, 3.8) is 0 Å². The molecule has 116 valence electrons. The van der Waals surface area contributed by atoms with E-state index in [4.69, 9.17) is 0 Å². The summed E-state index contributed by atoms with van der Waals surface area (Å²) in [5.74, 6) is -0.765. The second kappa shape index (κ2) is 7.47. The van der Waals surface area contributed by atoms with E-state index in [0.29, 0.717) is 0 Å². The van der Waals surface area contributed by atoms with Gasteiger partial charge in [0, 0.05) is 38.3 Å². The van der Waals surface area contributed by atoms with Gasteiger partial charge in [0.25, 0.3) is 0 Å². The highest BCUT2D eigenvalue weighted by molar-refractivity contribution is 5.37. The number of nitrogens with zero attached hydrogens (tertiary/aromatic N) is 2. The number of unbranched alkanes of at least 4 members (excludes halogenated alkanes) is 1. The van der Waals surface area contributed by atoms with Gasteiger partial charge in [-0.1, -0.05) is 25.8 Å². The minimum absolute atomic E-state index is 0.131. The molecular weight excluding hydrogens is 273 g/mol. The number of rotatable bonds is 6. The number of halogens is 1. The third-order valence-corrected chi connectivity index (χ3v) is 3.98. The highest BCUT2D eigenvalue weighted by Crippen LogP contribution is 2.30. The molecule has 1 aliphatic rings. The molecule has 0 amide bonds. The lowest BCUT2D eigenvalue weighted by Gasteiger charge is -2.35. The Morgan fingerprint density at radius 2 is 2.14 bits per heavy atom. The second-order valence-corrected chi connectivity index (χ2v) is 5.41. The summed E-state index contributed by atoms with van der Waals surface area (Å²) in [6.07, 6.45) is 3.07. The molecule has 1 heterocycles. The van der Waals surface area contributed by atoms with E-state index >= 15 is 0 Å². The van der Waals surface area contributed by atoms with Crippen molar-refractivity contribution in [1.29, 1.82) is 0 Å². The smallest absolute Gasteiger partial charge is 0.305 e. The quantitative estimate of drug-likeness (QED) is 0.647. The lowest BCUT2D eigenvalue weighted by Crippen LogP contribution is -2.45. The molecule has 0 unspecified atom stereocenters. The molecule has 1 atom stereocenters. The Kier molecular flexibility index (Phi) is 5.64. The van der Waals surface area contributed by atoms with E-state index in [9.17, 15) is 14.5 Å². The third kappa shape index (κ3) is 3.98. The molecular formula is C15H22FN3O2. The highest BCUT2D eigenvalue weighted by atomic mass is 19.1. The molecule has 0 spiro atoms. The van der Waals surface area contributed by atoms with Crippen molar-refractivity contribution in [3.8, 4) is 0 Å². The summed E-state index contributed by atoms with van der Waals surface area (Å²) in [4.78, 5) is 12.6. The Labute approximate surface area is 124 Å². The number of nitrogens with one attached hydrogen (secondary N) is 1. The number of nitro benzene ring substituents is 1. The highest BCUT2D eigenvalue weighted by Gasteiger charge is 2.24. The first kappa shape index (κ1) is 15.9. The lowest BCUT2D eigenvalue weighted by atomic mass is 9.98. The van der Waals surface area contributed by atoms with Gasteiger partial charge in [-0.15, -0.1) is 0 Å². The minimum atomic E-state index is -0.765. The van der Waals surface area contributed by atoms with Crippen LogP contribution in [0.1, 0.15) is 37.8 Å². The molecule has 0 bridgehead atoms. The van der Waals surface area contributed by atoms with Gasteiger partial charge in [0.05, 0.1) is 4.92 Å². The zero-order valence-electron chi connectivity index (χ0n) is 12.3. The molecule has 5 nitrogen and oxygen atoms in total. The average molecular weight is 295 g/mol. The van der Waals surface area contributed by atoms with Crippen LogP contribution in [0.25, 0.3) is 0 Å². The monoisotopic (exact) mass is 295 g/mol. The van der Waals surface area contributed by atoms with Crippen LogP contribution in [0.5, 0.6) is 0 Å². The molecule has 6 heteroatoms. The predicted octanol–water partition coefficient (Wildman–Crippen LogP) is 2.87.